The number of amides is 1. The number of nitrogens with zero attached hydrogens (tertiary/aromatic N) is 3. The highest BCUT2D eigenvalue weighted by Gasteiger charge is 2.41. The summed E-state index contributed by atoms with van der Waals surface area (Å²) in [7, 11) is 1.76. The van der Waals surface area contributed by atoms with Crippen LogP contribution in [0.3, 0.4) is 0 Å². The molecule has 1 aromatic heterocycles. The van der Waals surface area contributed by atoms with Crippen molar-refractivity contribution in [2.24, 2.45) is 5.41 Å². The molecule has 0 unspecified atom stereocenters. The van der Waals surface area contributed by atoms with Crippen molar-refractivity contribution in [3.8, 4) is 0 Å². The van der Waals surface area contributed by atoms with Crippen molar-refractivity contribution < 1.29 is 9.53 Å². The maximum atomic E-state index is 12.3. The van der Waals surface area contributed by atoms with Crippen LogP contribution in [0.15, 0.2) is 24.4 Å². The average molecular weight is 317 g/mol. The molecule has 0 saturated carbocycles. The Hall–Kier alpha value is -1.46. The van der Waals surface area contributed by atoms with Crippen LogP contribution in [0.5, 0.6) is 0 Å². The molecule has 2 aliphatic rings. The first-order valence-electron chi connectivity index (χ1n) is 8.60. The summed E-state index contributed by atoms with van der Waals surface area (Å²) in [5.74, 6) is 0.273. The minimum Gasteiger partial charge on any atom is -0.383 e. The summed E-state index contributed by atoms with van der Waals surface area (Å²) in [6.45, 7) is 5.52. The van der Waals surface area contributed by atoms with Gasteiger partial charge in [-0.05, 0) is 37.9 Å². The number of ether oxygens (including phenoxy) is 1. The SMILES string of the molecule is COCCN1CCC[C@@]2(CCC(=O)N(Cc3ccccn3)C2)C1. The predicted octanol–water partition coefficient (Wildman–Crippen LogP) is 1.93. The zero-order chi connectivity index (χ0) is 16.1. The van der Waals surface area contributed by atoms with E-state index >= 15 is 0 Å². The van der Waals surface area contributed by atoms with Crippen LogP contribution in [-0.4, -0.2) is 60.6 Å². The van der Waals surface area contributed by atoms with Gasteiger partial charge in [0, 0.05) is 44.8 Å². The molecule has 1 atom stereocenters. The lowest BCUT2D eigenvalue weighted by Crippen LogP contribution is -2.54. The van der Waals surface area contributed by atoms with E-state index in [0.717, 1.165) is 44.9 Å². The number of hydrogen-bond donors (Lipinski definition) is 0. The highest BCUT2D eigenvalue weighted by molar-refractivity contribution is 5.77. The molecule has 0 aromatic carbocycles. The van der Waals surface area contributed by atoms with E-state index in [9.17, 15) is 4.79 Å². The van der Waals surface area contributed by atoms with E-state index in [1.54, 1.807) is 13.3 Å². The molecular weight excluding hydrogens is 290 g/mol. The Balaban J connectivity index is 1.65. The van der Waals surface area contributed by atoms with Crippen molar-refractivity contribution in [2.45, 2.75) is 32.2 Å². The molecule has 0 N–H and O–H groups in total. The van der Waals surface area contributed by atoms with Crippen molar-refractivity contribution in [3.05, 3.63) is 30.1 Å². The Morgan fingerprint density at radius 3 is 3.00 bits per heavy atom. The van der Waals surface area contributed by atoms with E-state index in [-0.39, 0.29) is 11.3 Å². The molecule has 0 radical (unpaired) electrons. The molecule has 5 nitrogen and oxygen atoms in total. The van der Waals surface area contributed by atoms with E-state index in [1.165, 1.54) is 12.8 Å². The quantitative estimate of drug-likeness (QED) is 0.832. The fourth-order valence-corrected chi connectivity index (χ4v) is 3.99. The third-order valence-corrected chi connectivity index (χ3v) is 5.18. The van der Waals surface area contributed by atoms with Crippen LogP contribution in [0.4, 0.5) is 0 Å². The predicted molar refractivity (Wildman–Crippen MR) is 88.9 cm³/mol. The van der Waals surface area contributed by atoms with Gasteiger partial charge < -0.3 is 14.5 Å². The van der Waals surface area contributed by atoms with Crippen LogP contribution in [0.1, 0.15) is 31.4 Å². The Morgan fingerprint density at radius 1 is 1.30 bits per heavy atom. The maximum absolute atomic E-state index is 12.3. The molecule has 23 heavy (non-hydrogen) atoms. The third kappa shape index (κ3) is 4.09. The highest BCUT2D eigenvalue weighted by atomic mass is 16.5. The number of carbonyl (C=O) groups is 1. The highest BCUT2D eigenvalue weighted by Crippen LogP contribution is 2.39. The molecule has 3 heterocycles. The molecule has 2 aliphatic heterocycles. The largest absolute Gasteiger partial charge is 0.383 e. The molecule has 1 spiro atoms. The molecule has 1 amide bonds. The van der Waals surface area contributed by atoms with E-state index < -0.39 is 0 Å². The number of piperidine rings is 2. The molecule has 2 fully saturated rings. The molecule has 2 saturated heterocycles. The minimum atomic E-state index is 0.259. The number of hydrogen-bond acceptors (Lipinski definition) is 4. The number of rotatable bonds is 5. The Kier molecular flexibility index (Phi) is 5.28. The lowest BCUT2D eigenvalue weighted by molar-refractivity contribution is -0.140. The number of carbonyl (C=O) groups excluding carboxylic acids is 1. The average Bonchev–Trinajstić information content (AvgIpc) is 2.58. The van der Waals surface area contributed by atoms with Gasteiger partial charge in [0.25, 0.3) is 0 Å². The third-order valence-electron chi connectivity index (χ3n) is 5.18. The summed E-state index contributed by atoms with van der Waals surface area (Å²) in [6, 6.07) is 5.90. The molecule has 126 valence electrons. The number of likely N-dealkylation sites (tertiary alicyclic amines) is 2. The van der Waals surface area contributed by atoms with Gasteiger partial charge in [0.05, 0.1) is 18.8 Å². The lowest BCUT2D eigenvalue weighted by atomic mass is 9.73. The van der Waals surface area contributed by atoms with Crippen molar-refractivity contribution in [1.29, 1.82) is 0 Å². The molecule has 5 heteroatoms. The van der Waals surface area contributed by atoms with Crippen LogP contribution in [0.25, 0.3) is 0 Å². The second-order valence-electron chi connectivity index (χ2n) is 6.94. The van der Waals surface area contributed by atoms with Crippen LogP contribution in [0.2, 0.25) is 0 Å². The van der Waals surface area contributed by atoms with Gasteiger partial charge in [0.2, 0.25) is 5.91 Å². The fraction of sp³-hybridized carbons (Fsp3) is 0.667. The van der Waals surface area contributed by atoms with Crippen LogP contribution < -0.4 is 0 Å². The zero-order valence-corrected chi connectivity index (χ0v) is 14.0. The summed E-state index contributed by atoms with van der Waals surface area (Å²) in [5.41, 5.74) is 1.24. The normalized spacial score (nSPS) is 26.0. The van der Waals surface area contributed by atoms with Gasteiger partial charge in [-0.1, -0.05) is 6.07 Å². The van der Waals surface area contributed by atoms with Crippen LogP contribution in [0, 0.1) is 5.41 Å². The minimum absolute atomic E-state index is 0.259. The standard InChI is InChI=1S/C18H27N3O2/c1-23-12-11-20-10-4-7-18(14-20)8-6-17(22)21(15-18)13-16-5-2-3-9-19-16/h2-3,5,9H,4,6-8,10-15H2,1H3/t18-/m1/s1. The topological polar surface area (TPSA) is 45.7 Å². The summed E-state index contributed by atoms with van der Waals surface area (Å²) in [5, 5.41) is 0. The Morgan fingerprint density at radius 2 is 2.22 bits per heavy atom. The molecule has 0 aliphatic carbocycles. The first kappa shape index (κ1) is 16.4. The summed E-state index contributed by atoms with van der Waals surface area (Å²) in [6.07, 6.45) is 5.93. The molecule has 1 aromatic rings. The van der Waals surface area contributed by atoms with E-state index in [0.29, 0.717) is 13.0 Å². The molecular formula is C18H27N3O2. The van der Waals surface area contributed by atoms with Gasteiger partial charge in [-0.15, -0.1) is 0 Å². The van der Waals surface area contributed by atoms with Gasteiger partial charge in [-0.25, -0.2) is 0 Å². The first-order chi connectivity index (χ1) is 11.2. The maximum Gasteiger partial charge on any atom is 0.222 e. The van der Waals surface area contributed by atoms with E-state index in [4.69, 9.17) is 4.74 Å². The smallest absolute Gasteiger partial charge is 0.222 e. The Bertz CT molecular complexity index is 522. The van der Waals surface area contributed by atoms with E-state index in [2.05, 4.69) is 9.88 Å². The zero-order valence-electron chi connectivity index (χ0n) is 14.0. The summed E-state index contributed by atoms with van der Waals surface area (Å²) < 4.78 is 5.22. The second-order valence-corrected chi connectivity index (χ2v) is 6.94. The number of aromatic nitrogens is 1. The number of pyridine rings is 1. The van der Waals surface area contributed by atoms with Crippen LogP contribution >= 0.6 is 0 Å². The van der Waals surface area contributed by atoms with E-state index in [1.807, 2.05) is 23.1 Å². The number of methoxy groups -OCH3 is 1. The summed E-state index contributed by atoms with van der Waals surface area (Å²) >= 11 is 0. The second kappa shape index (κ2) is 7.41. The molecule has 3 rings (SSSR count). The van der Waals surface area contributed by atoms with Crippen molar-refractivity contribution >= 4 is 5.91 Å². The van der Waals surface area contributed by atoms with Crippen molar-refractivity contribution in [1.82, 2.24) is 14.8 Å². The van der Waals surface area contributed by atoms with Gasteiger partial charge in [-0.2, -0.15) is 0 Å². The van der Waals surface area contributed by atoms with Crippen LogP contribution in [-0.2, 0) is 16.1 Å². The lowest BCUT2D eigenvalue weighted by Gasteiger charge is -2.48. The van der Waals surface area contributed by atoms with Crippen molar-refractivity contribution in [3.63, 3.8) is 0 Å². The van der Waals surface area contributed by atoms with Gasteiger partial charge in [0.1, 0.15) is 0 Å². The monoisotopic (exact) mass is 317 g/mol. The summed E-state index contributed by atoms with van der Waals surface area (Å²) in [4.78, 5) is 21.2. The first-order valence-corrected chi connectivity index (χ1v) is 8.60. The van der Waals surface area contributed by atoms with Gasteiger partial charge >= 0.3 is 0 Å². The Labute approximate surface area is 138 Å². The van der Waals surface area contributed by atoms with Gasteiger partial charge in [-0.3, -0.25) is 9.78 Å². The van der Waals surface area contributed by atoms with Gasteiger partial charge in [0.15, 0.2) is 0 Å². The molecule has 0 bridgehead atoms. The fourth-order valence-electron chi connectivity index (χ4n) is 3.99. The van der Waals surface area contributed by atoms with Crippen molar-refractivity contribution in [2.75, 3.05) is 39.9 Å².